The molecule has 2 aromatic rings. The van der Waals surface area contributed by atoms with Gasteiger partial charge in [0.1, 0.15) is 11.5 Å². The van der Waals surface area contributed by atoms with Gasteiger partial charge in [-0.15, -0.1) is 0 Å². The van der Waals surface area contributed by atoms with Gasteiger partial charge in [-0.25, -0.2) is 9.37 Å². The number of hydrogen-bond acceptors (Lipinski definition) is 3. The van der Waals surface area contributed by atoms with E-state index < -0.39 is 11.9 Å². The fraction of sp³-hybridized carbons (Fsp3) is 0.167. The van der Waals surface area contributed by atoms with Crippen LogP contribution >= 0.6 is 0 Å². The number of rotatable bonds is 3. The van der Waals surface area contributed by atoms with E-state index in [0.717, 1.165) is 0 Å². The van der Waals surface area contributed by atoms with Crippen molar-refractivity contribution in [1.82, 2.24) is 9.88 Å². The predicted octanol–water partition coefficient (Wildman–Crippen LogP) is 2.60. The van der Waals surface area contributed by atoms with E-state index in [4.69, 9.17) is 5.11 Å². The first-order valence-electron chi connectivity index (χ1n) is 7.46. The number of aliphatic carboxylic acids is 1. The lowest BCUT2D eigenvalue weighted by atomic mass is 10.1. The molecule has 1 N–H and O–H groups in total. The Labute approximate surface area is 138 Å². The van der Waals surface area contributed by atoms with Crippen LogP contribution in [0.1, 0.15) is 10.5 Å². The summed E-state index contributed by atoms with van der Waals surface area (Å²) in [7, 11) is 0. The van der Waals surface area contributed by atoms with Crippen LogP contribution in [0.2, 0.25) is 0 Å². The number of hydrogen-bond donors (Lipinski definition) is 1. The molecule has 1 atom stereocenters. The Balaban J connectivity index is 1.83. The van der Waals surface area contributed by atoms with Crippen LogP contribution in [-0.2, 0) is 4.79 Å². The summed E-state index contributed by atoms with van der Waals surface area (Å²) in [6, 6.07) is 10.9. The van der Waals surface area contributed by atoms with Crippen molar-refractivity contribution in [2.24, 2.45) is 5.92 Å². The van der Waals surface area contributed by atoms with Crippen molar-refractivity contribution in [2.45, 2.75) is 0 Å². The fourth-order valence-electron chi connectivity index (χ4n) is 2.55. The second kappa shape index (κ2) is 6.62. The Morgan fingerprint density at radius 2 is 1.92 bits per heavy atom. The van der Waals surface area contributed by atoms with Crippen molar-refractivity contribution in [3.63, 3.8) is 0 Å². The van der Waals surface area contributed by atoms with Gasteiger partial charge in [-0.3, -0.25) is 9.59 Å². The summed E-state index contributed by atoms with van der Waals surface area (Å²) in [5, 5.41) is 9.09. The minimum Gasteiger partial charge on any atom is -0.481 e. The van der Waals surface area contributed by atoms with Gasteiger partial charge >= 0.3 is 5.97 Å². The third kappa shape index (κ3) is 3.32. The van der Waals surface area contributed by atoms with Crippen LogP contribution in [0.5, 0.6) is 0 Å². The number of pyridine rings is 1. The van der Waals surface area contributed by atoms with Crippen molar-refractivity contribution in [2.75, 3.05) is 13.1 Å². The second-order valence-corrected chi connectivity index (χ2v) is 5.50. The van der Waals surface area contributed by atoms with Crippen LogP contribution in [0, 0.1) is 11.7 Å². The molecule has 1 aliphatic heterocycles. The summed E-state index contributed by atoms with van der Waals surface area (Å²) in [4.78, 5) is 29.5. The molecule has 0 fully saturated rings. The van der Waals surface area contributed by atoms with Crippen LogP contribution in [0.4, 0.5) is 4.39 Å². The number of carbonyl (C=O) groups excluding carboxylic acids is 1. The van der Waals surface area contributed by atoms with Gasteiger partial charge in [-0.1, -0.05) is 18.2 Å². The average Bonchev–Trinajstić information content (AvgIpc) is 2.62. The molecule has 2 heterocycles. The topological polar surface area (TPSA) is 70.5 Å². The molecule has 0 radical (unpaired) electrons. The molecule has 1 amide bonds. The van der Waals surface area contributed by atoms with Crippen molar-refractivity contribution < 1.29 is 19.1 Å². The maximum atomic E-state index is 13.0. The highest BCUT2D eigenvalue weighted by molar-refractivity contribution is 5.93. The highest BCUT2D eigenvalue weighted by Crippen LogP contribution is 2.19. The Morgan fingerprint density at radius 3 is 2.62 bits per heavy atom. The summed E-state index contributed by atoms with van der Waals surface area (Å²) >= 11 is 0. The number of amides is 1. The maximum Gasteiger partial charge on any atom is 0.312 e. The van der Waals surface area contributed by atoms with Gasteiger partial charge in [0, 0.05) is 18.7 Å². The zero-order valence-corrected chi connectivity index (χ0v) is 12.7. The number of nitrogens with zero attached hydrogens (tertiary/aromatic N) is 2. The molecule has 0 saturated heterocycles. The van der Waals surface area contributed by atoms with Gasteiger partial charge in [0.05, 0.1) is 11.6 Å². The lowest BCUT2D eigenvalue weighted by Crippen LogP contribution is -2.40. The highest BCUT2D eigenvalue weighted by atomic mass is 19.1. The monoisotopic (exact) mass is 326 g/mol. The molecule has 1 aromatic heterocycles. The quantitative estimate of drug-likeness (QED) is 0.880. The van der Waals surface area contributed by atoms with Crippen molar-refractivity contribution >= 4 is 11.9 Å². The van der Waals surface area contributed by atoms with Gasteiger partial charge in [-0.2, -0.15) is 0 Å². The largest absolute Gasteiger partial charge is 0.481 e. The van der Waals surface area contributed by atoms with Crippen molar-refractivity contribution in [3.8, 4) is 11.3 Å². The molecule has 0 bridgehead atoms. The molecule has 0 saturated carbocycles. The number of carbonyl (C=O) groups is 2. The minimum absolute atomic E-state index is 0.118. The van der Waals surface area contributed by atoms with Crippen LogP contribution < -0.4 is 0 Å². The molecule has 122 valence electrons. The van der Waals surface area contributed by atoms with E-state index >= 15 is 0 Å². The van der Waals surface area contributed by atoms with Crippen LogP contribution in [0.15, 0.2) is 54.6 Å². The van der Waals surface area contributed by atoms with E-state index in [2.05, 4.69) is 4.98 Å². The first-order chi connectivity index (χ1) is 11.5. The van der Waals surface area contributed by atoms with Gasteiger partial charge in [0.2, 0.25) is 0 Å². The molecule has 6 heteroatoms. The van der Waals surface area contributed by atoms with E-state index in [1.54, 1.807) is 42.5 Å². The molecule has 5 nitrogen and oxygen atoms in total. The zero-order chi connectivity index (χ0) is 17.1. The normalized spacial score (nSPS) is 16.9. The number of halogens is 1. The Kier molecular flexibility index (Phi) is 4.37. The highest BCUT2D eigenvalue weighted by Gasteiger charge is 2.26. The third-order valence-electron chi connectivity index (χ3n) is 3.82. The van der Waals surface area contributed by atoms with Gasteiger partial charge in [-0.05, 0) is 36.4 Å². The van der Waals surface area contributed by atoms with Gasteiger partial charge < -0.3 is 10.0 Å². The SMILES string of the molecule is O=C(O)C1C=CCN(C(=O)c2cccc(-c3ccc(F)cc3)n2)C1. The number of carboxylic acids is 1. The molecule has 0 aliphatic carbocycles. The Bertz CT molecular complexity index is 802. The van der Waals surface area contributed by atoms with Gasteiger partial charge in [0.15, 0.2) is 0 Å². The van der Waals surface area contributed by atoms with E-state index in [0.29, 0.717) is 17.8 Å². The lowest BCUT2D eigenvalue weighted by molar-refractivity contribution is -0.140. The summed E-state index contributed by atoms with van der Waals surface area (Å²) in [6.45, 7) is 0.470. The number of aromatic nitrogens is 1. The van der Waals surface area contributed by atoms with Gasteiger partial charge in [0.25, 0.3) is 5.91 Å². The smallest absolute Gasteiger partial charge is 0.312 e. The number of benzene rings is 1. The second-order valence-electron chi connectivity index (χ2n) is 5.50. The minimum atomic E-state index is -0.961. The van der Waals surface area contributed by atoms with Crippen molar-refractivity contribution in [1.29, 1.82) is 0 Å². The van der Waals surface area contributed by atoms with Crippen LogP contribution in [0.3, 0.4) is 0 Å². The molecule has 0 spiro atoms. The Morgan fingerprint density at radius 1 is 1.17 bits per heavy atom. The van der Waals surface area contributed by atoms with E-state index in [-0.39, 0.29) is 24.0 Å². The molecule has 1 aliphatic rings. The summed E-state index contributed by atoms with van der Waals surface area (Å²) < 4.78 is 13.0. The maximum absolute atomic E-state index is 13.0. The first-order valence-corrected chi connectivity index (χ1v) is 7.46. The van der Waals surface area contributed by atoms with Crippen molar-refractivity contribution in [3.05, 3.63) is 66.1 Å². The Hall–Kier alpha value is -3.02. The summed E-state index contributed by atoms with van der Waals surface area (Å²) in [5.41, 5.74) is 1.49. The molecule has 3 rings (SSSR count). The standard InChI is InChI=1S/C18H15FN2O3/c19-14-8-6-12(7-9-14)15-4-1-5-16(20-15)17(22)21-10-2-3-13(11-21)18(23)24/h1-9,13H,10-11H2,(H,23,24). The average molecular weight is 326 g/mol. The molecule has 24 heavy (non-hydrogen) atoms. The van der Waals surface area contributed by atoms with E-state index in [1.807, 2.05) is 0 Å². The number of carboxylic acid groups (broad SMARTS) is 1. The molecular formula is C18H15FN2O3. The van der Waals surface area contributed by atoms with E-state index in [1.165, 1.54) is 17.0 Å². The van der Waals surface area contributed by atoms with E-state index in [9.17, 15) is 14.0 Å². The summed E-state index contributed by atoms with van der Waals surface area (Å²) in [5.74, 6) is -2.33. The molecule has 1 aromatic carbocycles. The zero-order valence-electron chi connectivity index (χ0n) is 12.7. The molecule has 1 unspecified atom stereocenters. The van der Waals surface area contributed by atoms with Crippen LogP contribution in [0.25, 0.3) is 11.3 Å². The lowest BCUT2D eigenvalue weighted by Gasteiger charge is -2.26. The first kappa shape index (κ1) is 15.9. The molecular weight excluding hydrogens is 311 g/mol. The summed E-state index contributed by atoms with van der Waals surface area (Å²) in [6.07, 6.45) is 3.26. The third-order valence-corrected chi connectivity index (χ3v) is 3.82. The van der Waals surface area contributed by atoms with Crippen LogP contribution in [-0.4, -0.2) is 40.0 Å². The fourth-order valence-corrected chi connectivity index (χ4v) is 2.55. The predicted molar refractivity (Wildman–Crippen MR) is 85.8 cm³/mol.